The third-order valence-electron chi connectivity index (χ3n) is 5.05. The van der Waals surface area contributed by atoms with Gasteiger partial charge in [-0.05, 0) is 63.5 Å². The second-order valence-electron chi connectivity index (χ2n) is 8.18. The Bertz CT molecular complexity index is 733. The molecular weight excluding hydrogens is 350 g/mol. The number of hydrogen-bond donors (Lipinski definition) is 1. The third-order valence-corrected chi connectivity index (χ3v) is 5.05. The molecule has 0 saturated carbocycles. The molecule has 1 amide bonds. The van der Waals surface area contributed by atoms with Gasteiger partial charge in [-0.1, -0.05) is 55.4 Å². The van der Waals surface area contributed by atoms with Gasteiger partial charge in [0.05, 0.1) is 7.11 Å². The first-order valence-electron chi connectivity index (χ1n) is 9.86. The van der Waals surface area contributed by atoms with E-state index in [4.69, 9.17) is 0 Å². The molecule has 1 aliphatic rings. The molecule has 1 aliphatic carbocycles. The molecule has 28 heavy (non-hydrogen) atoms. The molecule has 1 N–H and O–H groups in total. The fraction of sp³-hybridized carbons (Fsp3) is 0.500. The van der Waals surface area contributed by atoms with E-state index in [1.54, 1.807) is 6.92 Å². The number of methoxy groups -OCH3 is 1. The number of esters is 1. The minimum Gasteiger partial charge on any atom is -0.467 e. The summed E-state index contributed by atoms with van der Waals surface area (Å²) in [5, 5.41) is 2.57. The minimum atomic E-state index is -0.667. The summed E-state index contributed by atoms with van der Waals surface area (Å²) in [6.45, 7) is 12.4. The Morgan fingerprint density at radius 3 is 2.46 bits per heavy atom. The molecule has 0 radical (unpaired) electrons. The standard InChI is InChI=1S/C24H35NO3/c1-17(13-14-21-19(3)12-9-15-24(21,5)6)10-8-11-18(2)16-22(26)25-20(4)23(27)28-7/h8,10-11,13-14,16,20H,9,12,15H2,1-7H3,(H,25,26)/b11-8+,14-13+,17-10+,18-16+. The summed E-state index contributed by atoms with van der Waals surface area (Å²) in [6, 6.07) is -0.667. The number of carbonyl (C=O) groups excluding carboxylic acids is 2. The van der Waals surface area contributed by atoms with Gasteiger partial charge in [-0.15, -0.1) is 0 Å². The van der Waals surface area contributed by atoms with E-state index in [1.807, 2.05) is 25.2 Å². The van der Waals surface area contributed by atoms with Crippen molar-refractivity contribution in [1.82, 2.24) is 5.32 Å². The smallest absolute Gasteiger partial charge is 0.328 e. The minimum absolute atomic E-state index is 0.239. The molecule has 154 valence electrons. The van der Waals surface area contributed by atoms with Gasteiger partial charge in [0, 0.05) is 6.08 Å². The van der Waals surface area contributed by atoms with Crippen LogP contribution in [0.25, 0.3) is 0 Å². The van der Waals surface area contributed by atoms with Crippen LogP contribution >= 0.6 is 0 Å². The summed E-state index contributed by atoms with van der Waals surface area (Å²) >= 11 is 0. The van der Waals surface area contributed by atoms with E-state index >= 15 is 0 Å². The van der Waals surface area contributed by atoms with Crippen molar-refractivity contribution in [1.29, 1.82) is 0 Å². The lowest BCUT2D eigenvalue weighted by Gasteiger charge is -2.32. The van der Waals surface area contributed by atoms with Crippen molar-refractivity contribution in [2.75, 3.05) is 7.11 Å². The van der Waals surface area contributed by atoms with Gasteiger partial charge >= 0.3 is 5.97 Å². The van der Waals surface area contributed by atoms with Crippen LogP contribution in [0.1, 0.15) is 60.8 Å². The Balaban J connectivity index is 2.70. The zero-order valence-corrected chi connectivity index (χ0v) is 18.4. The molecule has 0 aromatic heterocycles. The number of amides is 1. The van der Waals surface area contributed by atoms with E-state index < -0.39 is 12.0 Å². The number of hydrogen-bond acceptors (Lipinski definition) is 3. The first-order valence-corrected chi connectivity index (χ1v) is 9.86. The summed E-state index contributed by atoms with van der Waals surface area (Å²) in [4.78, 5) is 23.2. The number of allylic oxidation sites excluding steroid dienone is 9. The van der Waals surface area contributed by atoms with Crippen molar-refractivity contribution in [2.24, 2.45) is 5.41 Å². The number of ether oxygens (including phenoxy) is 1. The maximum atomic E-state index is 11.9. The summed E-state index contributed by atoms with van der Waals surface area (Å²) in [7, 11) is 1.30. The molecular formula is C24H35NO3. The zero-order chi connectivity index (χ0) is 21.3. The van der Waals surface area contributed by atoms with Gasteiger partial charge in [0.1, 0.15) is 6.04 Å². The Morgan fingerprint density at radius 1 is 1.18 bits per heavy atom. The summed E-state index contributed by atoms with van der Waals surface area (Å²) in [6.07, 6.45) is 15.4. The normalized spacial score (nSPS) is 19.2. The third kappa shape index (κ3) is 7.71. The van der Waals surface area contributed by atoms with Gasteiger partial charge in [0.15, 0.2) is 0 Å². The number of rotatable bonds is 7. The van der Waals surface area contributed by atoms with Crippen LogP contribution in [0.5, 0.6) is 0 Å². The average Bonchev–Trinajstić information content (AvgIpc) is 2.59. The largest absolute Gasteiger partial charge is 0.467 e. The Labute approximate surface area is 170 Å². The molecule has 0 bridgehead atoms. The molecule has 1 rings (SSSR count). The van der Waals surface area contributed by atoms with Crippen molar-refractivity contribution < 1.29 is 14.3 Å². The fourth-order valence-electron chi connectivity index (χ4n) is 3.38. The van der Waals surface area contributed by atoms with Crippen molar-refractivity contribution >= 4 is 11.9 Å². The highest BCUT2D eigenvalue weighted by Crippen LogP contribution is 2.40. The molecule has 4 nitrogen and oxygen atoms in total. The topological polar surface area (TPSA) is 55.4 Å². The van der Waals surface area contributed by atoms with Crippen molar-refractivity contribution in [3.63, 3.8) is 0 Å². The van der Waals surface area contributed by atoms with E-state index in [-0.39, 0.29) is 11.3 Å². The molecule has 0 aromatic carbocycles. The van der Waals surface area contributed by atoms with Crippen LogP contribution in [0.15, 0.2) is 58.7 Å². The predicted octanol–water partition coefficient (Wildman–Crippen LogP) is 5.20. The second-order valence-corrected chi connectivity index (χ2v) is 8.18. The van der Waals surface area contributed by atoms with E-state index in [2.05, 4.69) is 49.9 Å². The predicted molar refractivity (Wildman–Crippen MR) is 116 cm³/mol. The maximum absolute atomic E-state index is 11.9. The monoisotopic (exact) mass is 385 g/mol. The van der Waals surface area contributed by atoms with Crippen LogP contribution in [0, 0.1) is 5.41 Å². The van der Waals surface area contributed by atoms with E-state index in [0.717, 1.165) is 11.1 Å². The highest BCUT2D eigenvalue weighted by atomic mass is 16.5. The lowest BCUT2D eigenvalue weighted by Crippen LogP contribution is -2.38. The first-order chi connectivity index (χ1) is 13.1. The van der Waals surface area contributed by atoms with Gasteiger partial charge < -0.3 is 10.1 Å². The second kappa shape index (κ2) is 10.8. The molecule has 4 heteroatoms. The van der Waals surface area contributed by atoms with E-state index in [1.165, 1.54) is 43.6 Å². The Kier molecular flexibility index (Phi) is 9.17. The van der Waals surface area contributed by atoms with Crippen LogP contribution in [-0.4, -0.2) is 25.0 Å². The van der Waals surface area contributed by atoms with Gasteiger partial charge in [-0.25, -0.2) is 4.79 Å². The Morgan fingerprint density at radius 2 is 1.86 bits per heavy atom. The molecule has 1 atom stereocenters. The van der Waals surface area contributed by atoms with Gasteiger partial charge in [-0.3, -0.25) is 4.79 Å². The maximum Gasteiger partial charge on any atom is 0.328 e. The fourth-order valence-corrected chi connectivity index (χ4v) is 3.38. The van der Waals surface area contributed by atoms with Gasteiger partial charge in [0.25, 0.3) is 0 Å². The Hall–Kier alpha value is -2.36. The first kappa shape index (κ1) is 23.7. The summed E-state index contributed by atoms with van der Waals surface area (Å²) in [5.74, 6) is -0.783. The van der Waals surface area contributed by atoms with Crippen molar-refractivity contribution in [3.05, 3.63) is 58.7 Å². The van der Waals surface area contributed by atoms with Crippen LogP contribution in [0.4, 0.5) is 0 Å². The summed E-state index contributed by atoms with van der Waals surface area (Å²) < 4.78 is 4.59. The molecule has 0 heterocycles. The SMILES string of the molecule is COC(=O)C(C)NC(=O)/C=C(C)/C=C/C=C(C)/C=C/C1=C(C)CCCC1(C)C. The van der Waals surface area contributed by atoms with Gasteiger partial charge in [-0.2, -0.15) is 0 Å². The molecule has 0 saturated heterocycles. The number of carbonyl (C=O) groups is 2. The van der Waals surface area contributed by atoms with Crippen LogP contribution in [0.3, 0.4) is 0 Å². The van der Waals surface area contributed by atoms with Crippen molar-refractivity contribution in [2.45, 2.75) is 66.8 Å². The molecule has 0 spiro atoms. The number of nitrogens with one attached hydrogen (secondary N) is 1. The highest BCUT2D eigenvalue weighted by molar-refractivity contribution is 5.92. The lowest BCUT2D eigenvalue weighted by molar-refractivity contribution is -0.144. The van der Waals surface area contributed by atoms with Gasteiger partial charge in [0.2, 0.25) is 5.91 Å². The molecule has 0 aliphatic heterocycles. The summed E-state index contributed by atoms with van der Waals surface area (Å²) in [5.41, 5.74) is 5.12. The highest BCUT2D eigenvalue weighted by Gasteiger charge is 2.26. The molecule has 0 aromatic rings. The quantitative estimate of drug-likeness (QED) is 0.372. The zero-order valence-electron chi connectivity index (χ0n) is 18.4. The van der Waals surface area contributed by atoms with E-state index in [9.17, 15) is 9.59 Å². The molecule has 0 fully saturated rings. The van der Waals surface area contributed by atoms with Crippen LogP contribution in [-0.2, 0) is 14.3 Å². The molecule has 1 unspecified atom stereocenters. The van der Waals surface area contributed by atoms with Crippen LogP contribution in [0.2, 0.25) is 0 Å². The van der Waals surface area contributed by atoms with E-state index in [0.29, 0.717) is 0 Å². The average molecular weight is 386 g/mol. The van der Waals surface area contributed by atoms with Crippen molar-refractivity contribution in [3.8, 4) is 0 Å². The van der Waals surface area contributed by atoms with Crippen LogP contribution < -0.4 is 5.32 Å². The lowest BCUT2D eigenvalue weighted by atomic mass is 9.72.